The molecule has 3 nitrogen and oxygen atoms in total. The first-order valence-corrected chi connectivity index (χ1v) is 7.07. The smallest absolute Gasteiger partial charge is 0.262 e. The number of nitrogens with one attached hydrogen (secondary N) is 1. The third kappa shape index (κ3) is 2.92. The first-order chi connectivity index (χ1) is 8.64. The molecular formula is C14H18N2OS. The normalized spacial score (nSPS) is 16.3. The van der Waals surface area contributed by atoms with Crippen LogP contribution in [-0.4, -0.2) is 19.0 Å². The van der Waals surface area contributed by atoms with Crippen LogP contribution in [0.5, 0.6) is 0 Å². The maximum Gasteiger partial charge on any atom is 0.262 e. The van der Waals surface area contributed by atoms with Crippen molar-refractivity contribution in [3.05, 3.63) is 21.9 Å². The standard InChI is InChI=1S/C14H18N2OS/c1-14(6-3-7-14)10-16-13(17)12-11(4-2-8-15)5-9-18-12/h5,9H,3,6-8,10,15H2,1H3,(H,16,17). The summed E-state index contributed by atoms with van der Waals surface area (Å²) in [4.78, 5) is 12.8. The summed E-state index contributed by atoms with van der Waals surface area (Å²) in [6, 6.07) is 1.87. The quantitative estimate of drug-likeness (QED) is 0.818. The molecule has 1 aliphatic carbocycles. The number of thiophene rings is 1. The van der Waals surface area contributed by atoms with Crippen molar-refractivity contribution >= 4 is 17.2 Å². The highest BCUT2D eigenvalue weighted by molar-refractivity contribution is 7.12. The molecule has 0 unspecified atom stereocenters. The van der Waals surface area contributed by atoms with Crippen molar-refractivity contribution in [2.24, 2.45) is 11.1 Å². The Kier molecular flexibility index (Phi) is 4.05. The van der Waals surface area contributed by atoms with E-state index in [-0.39, 0.29) is 5.91 Å². The van der Waals surface area contributed by atoms with Crippen molar-refractivity contribution in [3.63, 3.8) is 0 Å². The highest BCUT2D eigenvalue weighted by Crippen LogP contribution is 2.39. The number of hydrogen-bond acceptors (Lipinski definition) is 3. The van der Waals surface area contributed by atoms with Crippen LogP contribution in [0.4, 0.5) is 0 Å². The van der Waals surface area contributed by atoms with Gasteiger partial charge in [0.25, 0.3) is 5.91 Å². The fraction of sp³-hybridized carbons (Fsp3) is 0.500. The average molecular weight is 262 g/mol. The van der Waals surface area contributed by atoms with Gasteiger partial charge in [0.1, 0.15) is 4.88 Å². The van der Waals surface area contributed by atoms with E-state index in [1.807, 2.05) is 11.4 Å². The van der Waals surface area contributed by atoms with E-state index in [2.05, 4.69) is 24.1 Å². The van der Waals surface area contributed by atoms with Crippen molar-refractivity contribution < 1.29 is 4.79 Å². The lowest BCUT2D eigenvalue weighted by Crippen LogP contribution is -2.39. The van der Waals surface area contributed by atoms with Gasteiger partial charge >= 0.3 is 0 Å². The van der Waals surface area contributed by atoms with Gasteiger partial charge in [-0.2, -0.15) is 0 Å². The summed E-state index contributed by atoms with van der Waals surface area (Å²) < 4.78 is 0. The molecular weight excluding hydrogens is 244 g/mol. The fourth-order valence-electron chi connectivity index (χ4n) is 2.06. The molecule has 1 heterocycles. The highest BCUT2D eigenvalue weighted by atomic mass is 32.1. The Hall–Kier alpha value is -1.31. The summed E-state index contributed by atoms with van der Waals surface area (Å²) in [5.74, 6) is 5.70. The maximum atomic E-state index is 12.1. The Labute approximate surface area is 112 Å². The molecule has 1 aromatic rings. The predicted molar refractivity (Wildman–Crippen MR) is 74.5 cm³/mol. The van der Waals surface area contributed by atoms with Gasteiger partial charge in [0.05, 0.1) is 6.54 Å². The van der Waals surface area contributed by atoms with Crippen LogP contribution >= 0.6 is 11.3 Å². The van der Waals surface area contributed by atoms with E-state index < -0.39 is 0 Å². The van der Waals surface area contributed by atoms with Crippen LogP contribution < -0.4 is 11.1 Å². The van der Waals surface area contributed by atoms with Crippen molar-refractivity contribution in [1.29, 1.82) is 0 Å². The molecule has 1 aliphatic rings. The molecule has 0 aliphatic heterocycles. The number of rotatable bonds is 3. The van der Waals surface area contributed by atoms with Gasteiger partial charge in [-0.3, -0.25) is 4.79 Å². The van der Waals surface area contributed by atoms with Gasteiger partial charge in [0.2, 0.25) is 0 Å². The SMILES string of the molecule is CC1(CNC(=O)c2sccc2C#CCN)CCC1. The topological polar surface area (TPSA) is 55.1 Å². The summed E-state index contributed by atoms with van der Waals surface area (Å²) in [5, 5.41) is 4.91. The van der Waals surface area contributed by atoms with Gasteiger partial charge in [-0.1, -0.05) is 25.2 Å². The van der Waals surface area contributed by atoms with E-state index in [1.54, 1.807) is 0 Å². The minimum Gasteiger partial charge on any atom is -0.351 e. The zero-order valence-electron chi connectivity index (χ0n) is 10.6. The summed E-state index contributed by atoms with van der Waals surface area (Å²) >= 11 is 1.43. The van der Waals surface area contributed by atoms with Gasteiger partial charge in [-0.05, 0) is 29.7 Å². The molecule has 3 N–H and O–H groups in total. The zero-order chi connectivity index (χ0) is 13.0. The van der Waals surface area contributed by atoms with Crippen LogP contribution in [-0.2, 0) is 0 Å². The average Bonchev–Trinajstić information content (AvgIpc) is 2.79. The van der Waals surface area contributed by atoms with Crippen LogP contribution in [0, 0.1) is 17.3 Å². The molecule has 1 aromatic heterocycles. The van der Waals surface area contributed by atoms with E-state index in [0.717, 1.165) is 12.1 Å². The van der Waals surface area contributed by atoms with Crippen LogP contribution in [0.2, 0.25) is 0 Å². The predicted octanol–water partition coefficient (Wildman–Crippen LogP) is 1.98. The van der Waals surface area contributed by atoms with Crippen LogP contribution in [0.1, 0.15) is 41.4 Å². The Bertz CT molecular complexity index is 491. The van der Waals surface area contributed by atoms with Crippen molar-refractivity contribution in [3.8, 4) is 11.8 Å². The molecule has 1 saturated carbocycles. The van der Waals surface area contributed by atoms with Gasteiger partial charge in [-0.15, -0.1) is 11.3 Å². The Morgan fingerprint density at radius 1 is 1.61 bits per heavy atom. The van der Waals surface area contributed by atoms with E-state index in [4.69, 9.17) is 5.73 Å². The lowest BCUT2D eigenvalue weighted by Gasteiger charge is -2.38. The minimum absolute atomic E-state index is 0.0144. The molecule has 0 bridgehead atoms. The molecule has 18 heavy (non-hydrogen) atoms. The Morgan fingerprint density at radius 3 is 3.00 bits per heavy atom. The minimum atomic E-state index is -0.0144. The van der Waals surface area contributed by atoms with Gasteiger partial charge in [0, 0.05) is 12.1 Å². The Morgan fingerprint density at radius 2 is 2.39 bits per heavy atom. The number of carbonyl (C=O) groups is 1. The third-order valence-electron chi connectivity index (χ3n) is 3.43. The molecule has 1 fully saturated rings. The van der Waals surface area contributed by atoms with E-state index in [1.165, 1.54) is 30.6 Å². The second kappa shape index (κ2) is 5.55. The fourth-order valence-corrected chi connectivity index (χ4v) is 2.83. The molecule has 0 aromatic carbocycles. The first kappa shape index (κ1) is 13.1. The molecule has 0 saturated heterocycles. The van der Waals surface area contributed by atoms with Crippen molar-refractivity contribution in [2.75, 3.05) is 13.1 Å². The molecule has 0 atom stereocenters. The molecule has 96 valence electrons. The van der Waals surface area contributed by atoms with Crippen LogP contribution in [0.25, 0.3) is 0 Å². The summed E-state index contributed by atoms with van der Waals surface area (Å²) in [5.41, 5.74) is 6.42. The number of nitrogens with two attached hydrogens (primary N) is 1. The lowest BCUT2D eigenvalue weighted by molar-refractivity contribution is 0.0894. The Balaban J connectivity index is 1.98. The zero-order valence-corrected chi connectivity index (χ0v) is 11.4. The van der Waals surface area contributed by atoms with Crippen molar-refractivity contribution in [1.82, 2.24) is 5.32 Å². The van der Waals surface area contributed by atoms with Gasteiger partial charge < -0.3 is 11.1 Å². The number of hydrogen-bond donors (Lipinski definition) is 2. The third-order valence-corrected chi connectivity index (χ3v) is 4.35. The maximum absolute atomic E-state index is 12.1. The summed E-state index contributed by atoms with van der Waals surface area (Å²) in [7, 11) is 0. The first-order valence-electron chi connectivity index (χ1n) is 6.19. The molecule has 2 rings (SSSR count). The molecule has 0 spiro atoms. The molecule has 4 heteroatoms. The van der Waals surface area contributed by atoms with E-state index in [9.17, 15) is 4.79 Å². The van der Waals surface area contributed by atoms with Gasteiger partial charge in [0.15, 0.2) is 0 Å². The largest absolute Gasteiger partial charge is 0.351 e. The lowest BCUT2D eigenvalue weighted by atomic mass is 9.70. The molecule has 1 amide bonds. The number of carbonyl (C=O) groups excluding carboxylic acids is 1. The second-order valence-electron chi connectivity index (χ2n) is 5.02. The van der Waals surface area contributed by atoms with Gasteiger partial charge in [-0.25, -0.2) is 0 Å². The summed E-state index contributed by atoms with van der Waals surface area (Å²) in [6.07, 6.45) is 3.69. The van der Waals surface area contributed by atoms with E-state index >= 15 is 0 Å². The monoisotopic (exact) mass is 262 g/mol. The van der Waals surface area contributed by atoms with Crippen LogP contribution in [0.3, 0.4) is 0 Å². The molecule has 0 radical (unpaired) electrons. The summed E-state index contributed by atoms with van der Waals surface area (Å²) in [6.45, 7) is 3.29. The highest BCUT2D eigenvalue weighted by Gasteiger charge is 2.32. The van der Waals surface area contributed by atoms with E-state index in [0.29, 0.717) is 16.8 Å². The number of amides is 1. The second-order valence-corrected chi connectivity index (χ2v) is 5.93. The van der Waals surface area contributed by atoms with Crippen LogP contribution in [0.15, 0.2) is 11.4 Å². The van der Waals surface area contributed by atoms with Crippen molar-refractivity contribution in [2.45, 2.75) is 26.2 Å².